The summed E-state index contributed by atoms with van der Waals surface area (Å²) in [5, 5.41) is 10.2. The maximum Gasteiger partial charge on any atom is 0.334 e. The normalized spacial score (nSPS) is 32.7. The van der Waals surface area contributed by atoms with E-state index < -0.39 is 24.1 Å². The van der Waals surface area contributed by atoms with E-state index in [0.717, 1.165) is 5.57 Å². The van der Waals surface area contributed by atoms with Crippen molar-refractivity contribution in [3.63, 3.8) is 0 Å². The van der Waals surface area contributed by atoms with Crippen LogP contribution >= 0.6 is 0 Å². The van der Waals surface area contributed by atoms with Crippen molar-refractivity contribution >= 4 is 11.8 Å². The van der Waals surface area contributed by atoms with Gasteiger partial charge in [-0.3, -0.25) is 4.79 Å². The predicted molar refractivity (Wildman–Crippen MR) is 70.3 cm³/mol. The van der Waals surface area contributed by atoms with Gasteiger partial charge in [0.1, 0.15) is 6.10 Å². The van der Waals surface area contributed by atoms with Gasteiger partial charge in [-0.2, -0.15) is 0 Å². The smallest absolute Gasteiger partial charge is 0.334 e. The minimum Gasteiger partial charge on any atom is -0.454 e. The zero-order valence-corrected chi connectivity index (χ0v) is 11.0. The number of ketones is 1. The quantitative estimate of drug-likeness (QED) is 0.410. The predicted octanol–water partition coefficient (Wildman–Crippen LogP) is 1.70. The Labute approximate surface area is 112 Å². The lowest BCUT2D eigenvalue weighted by Gasteiger charge is -2.23. The molecule has 1 aliphatic carbocycles. The van der Waals surface area contributed by atoms with Gasteiger partial charge >= 0.3 is 5.97 Å². The molecule has 1 heterocycles. The molecular formula is C15H18O4. The Balaban J connectivity index is 2.35. The number of hydrogen-bond acceptors (Lipinski definition) is 4. The fraction of sp³-hybridized carbons (Fsp3) is 0.467. The number of fused-ring (bicyclic) bond motifs is 1. The first-order chi connectivity index (χ1) is 8.90. The summed E-state index contributed by atoms with van der Waals surface area (Å²) in [6, 6.07) is 0. The summed E-state index contributed by atoms with van der Waals surface area (Å²) in [5.41, 5.74) is 1.63. The Morgan fingerprint density at radius 3 is 2.68 bits per heavy atom. The molecule has 0 radical (unpaired) electrons. The molecule has 0 aromatic heterocycles. The van der Waals surface area contributed by atoms with Gasteiger partial charge in [-0.15, -0.1) is 0 Å². The molecule has 102 valence electrons. The first-order valence-corrected chi connectivity index (χ1v) is 6.36. The molecule has 0 amide bonds. The van der Waals surface area contributed by atoms with Crippen molar-refractivity contribution in [3.8, 4) is 0 Å². The number of esters is 1. The van der Waals surface area contributed by atoms with Crippen LogP contribution in [0.15, 0.2) is 36.0 Å². The Morgan fingerprint density at radius 1 is 1.32 bits per heavy atom. The first kappa shape index (κ1) is 13.7. The second-order valence-electron chi connectivity index (χ2n) is 5.23. The number of carbonyl (C=O) groups is 2. The van der Waals surface area contributed by atoms with Gasteiger partial charge in [-0.25, -0.2) is 4.79 Å². The molecule has 1 saturated heterocycles. The van der Waals surface area contributed by atoms with Gasteiger partial charge < -0.3 is 9.84 Å². The van der Waals surface area contributed by atoms with Crippen LogP contribution in [0.2, 0.25) is 0 Å². The lowest BCUT2D eigenvalue weighted by Crippen LogP contribution is -2.30. The van der Waals surface area contributed by atoms with Crippen LogP contribution in [0, 0.1) is 5.92 Å². The lowest BCUT2D eigenvalue weighted by molar-refractivity contribution is -0.137. The molecule has 0 aromatic rings. The van der Waals surface area contributed by atoms with Crippen LogP contribution in [0.4, 0.5) is 0 Å². The fourth-order valence-corrected chi connectivity index (χ4v) is 2.54. The number of Topliss-reactive ketones (excluding diaryl/α,β-unsaturated/α-hetero) is 1. The van der Waals surface area contributed by atoms with Crippen molar-refractivity contribution in [1.29, 1.82) is 0 Å². The average molecular weight is 262 g/mol. The highest BCUT2D eigenvalue weighted by Crippen LogP contribution is 2.34. The number of carbonyl (C=O) groups excluding carboxylic acids is 2. The van der Waals surface area contributed by atoms with Gasteiger partial charge in [0.05, 0.1) is 12.0 Å². The number of hydrogen-bond donors (Lipinski definition) is 1. The molecule has 2 aliphatic rings. The summed E-state index contributed by atoms with van der Waals surface area (Å²) >= 11 is 0. The van der Waals surface area contributed by atoms with Crippen molar-refractivity contribution in [3.05, 3.63) is 36.0 Å². The van der Waals surface area contributed by atoms with E-state index in [0.29, 0.717) is 18.4 Å². The summed E-state index contributed by atoms with van der Waals surface area (Å²) in [4.78, 5) is 23.4. The van der Waals surface area contributed by atoms with E-state index in [1.807, 2.05) is 13.0 Å². The van der Waals surface area contributed by atoms with Crippen molar-refractivity contribution in [2.24, 2.45) is 5.92 Å². The third-order valence-corrected chi connectivity index (χ3v) is 3.72. The second kappa shape index (κ2) is 5.13. The second-order valence-corrected chi connectivity index (χ2v) is 5.23. The van der Waals surface area contributed by atoms with Crippen LogP contribution in [0.25, 0.3) is 0 Å². The maximum absolute atomic E-state index is 11.8. The molecule has 3 unspecified atom stereocenters. The topological polar surface area (TPSA) is 63.6 Å². The molecule has 0 spiro atoms. The largest absolute Gasteiger partial charge is 0.454 e. The molecule has 4 heteroatoms. The van der Waals surface area contributed by atoms with Gasteiger partial charge in [0.25, 0.3) is 0 Å². The molecule has 2 rings (SSSR count). The Hall–Kier alpha value is -1.68. The van der Waals surface area contributed by atoms with E-state index in [-0.39, 0.29) is 17.8 Å². The fourth-order valence-electron chi connectivity index (χ4n) is 2.54. The van der Waals surface area contributed by atoms with Crippen LogP contribution in [0.5, 0.6) is 0 Å². The molecule has 0 saturated carbocycles. The zero-order chi connectivity index (χ0) is 14.2. The van der Waals surface area contributed by atoms with E-state index in [4.69, 9.17) is 4.74 Å². The van der Waals surface area contributed by atoms with Gasteiger partial charge in [0.15, 0.2) is 5.78 Å². The summed E-state index contributed by atoms with van der Waals surface area (Å²) in [6.45, 7) is 9.29. The Kier molecular flexibility index (Phi) is 3.71. The SMILES string of the molecule is C=C1CC(O)C2C(=C)C(=O)OC2C=C(C)CCC1=O. The Morgan fingerprint density at radius 2 is 2.00 bits per heavy atom. The van der Waals surface area contributed by atoms with E-state index in [2.05, 4.69) is 13.2 Å². The number of allylic oxidation sites excluding steroid dienone is 1. The summed E-state index contributed by atoms with van der Waals surface area (Å²) in [5.74, 6) is -1.01. The number of rotatable bonds is 0. The molecule has 0 aromatic carbocycles. The molecule has 19 heavy (non-hydrogen) atoms. The molecule has 4 nitrogen and oxygen atoms in total. The number of aliphatic hydroxyl groups is 1. The molecular weight excluding hydrogens is 244 g/mol. The standard InChI is InChI=1S/C15H18O4/c1-8-4-5-11(16)9(2)7-12(17)14-10(3)15(18)19-13(14)6-8/h6,12-14,17H,2-5,7H2,1H3. The summed E-state index contributed by atoms with van der Waals surface area (Å²) in [7, 11) is 0. The lowest BCUT2D eigenvalue weighted by atomic mass is 9.84. The third kappa shape index (κ3) is 2.68. The van der Waals surface area contributed by atoms with Crippen LogP contribution < -0.4 is 0 Å². The average Bonchev–Trinajstić information content (AvgIpc) is 2.60. The van der Waals surface area contributed by atoms with Crippen molar-refractivity contribution < 1.29 is 19.4 Å². The molecule has 1 N–H and O–H groups in total. The first-order valence-electron chi connectivity index (χ1n) is 6.36. The number of ether oxygens (including phenoxy) is 1. The monoisotopic (exact) mass is 262 g/mol. The molecule has 1 aliphatic heterocycles. The van der Waals surface area contributed by atoms with Crippen LogP contribution in [-0.4, -0.2) is 29.1 Å². The third-order valence-electron chi connectivity index (χ3n) is 3.72. The van der Waals surface area contributed by atoms with Crippen molar-refractivity contribution in [2.45, 2.75) is 38.4 Å². The highest BCUT2D eigenvalue weighted by atomic mass is 16.6. The van der Waals surface area contributed by atoms with E-state index in [9.17, 15) is 14.7 Å². The minimum absolute atomic E-state index is 0.0406. The minimum atomic E-state index is -0.873. The van der Waals surface area contributed by atoms with Gasteiger partial charge in [-0.1, -0.05) is 18.7 Å². The number of aliphatic hydroxyl groups excluding tert-OH is 1. The molecule has 3 atom stereocenters. The van der Waals surface area contributed by atoms with Crippen molar-refractivity contribution in [2.75, 3.05) is 0 Å². The van der Waals surface area contributed by atoms with Gasteiger partial charge in [0, 0.05) is 18.4 Å². The van der Waals surface area contributed by atoms with Crippen LogP contribution in [-0.2, 0) is 14.3 Å². The van der Waals surface area contributed by atoms with Crippen LogP contribution in [0.1, 0.15) is 26.2 Å². The summed E-state index contributed by atoms with van der Waals surface area (Å²) in [6.07, 6.45) is 1.59. The highest BCUT2D eigenvalue weighted by Gasteiger charge is 2.42. The van der Waals surface area contributed by atoms with E-state index in [1.165, 1.54) is 0 Å². The summed E-state index contributed by atoms with van der Waals surface area (Å²) < 4.78 is 5.22. The molecule has 1 fully saturated rings. The zero-order valence-electron chi connectivity index (χ0n) is 11.0. The highest BCUT2D eigenvalue weighted by molar-refractivity contribution is 5.95. The maximum atomic E-state index is 11.8. The van der Waals surface area contributed by atoms with Crippen molar-refractivity contribution in [1.82, 2.24) is 0 Å². The Bertz CT molecular complexity index is 486. The van der Waals surface area contributed by atoms with Crippen LogP contribution in [0.3, 0.4) is 0 Å². The molecule has 0 bridgehead atoms. The van der Waals surface area contributed by atoms with E-state index in [1.54, 1.807) is 0 Å². The van der Waals surface area contributed by atoms with E-state index >= 15 is 0 Å². The van der Waals surface area contributed by atoms with Gasteiger partial charge in [-0.05, 0) is 25.0 Å². The van der Waals surface area contributed by atoms with Gasteiger partial charge in [0.2, 0.25) is 0 Å².